The number of aromatic nitrogens is 1. The highest BCUT2D eigenvalue weighted by Gasteiger charge is 2.15. The van der Waals surface area contributed by atoms with Gasteiger partial charge in [-0.2, -0.15) is 0 Å². The zero-order chi connectivity index (χ0) is 14.5. The molecule has 1 aromatic carbocycles. The van der Waals surface area contributed by atoms with Crippen LogP contribution in [0.15, 0.2) is 30.5 Å². The van der Waals surface area contributed by atoms with Crippen molar-refractivity contribution < 1.29 is 14.3 Å². The molecule has 0 radical (unpaired) electrons. The number of fused-ring (bicyclic) bond motifs is 1. The Morgan fingerprint density at radius 2 is 2.05 bits per heavy atom. The Hall–Kier alpha value is -2.30. The van der Waals surface area contributed by atoms with Gasteiger partial charge in [0.1, 0.15) is 6.54 Å². The Kier molecular flexibility index (Phi) is 4.40. The van der Waals surface area contributed by atoms with Gasteiger partial charge in [-0.3, -0.25) is 9.59 Å². The second kappa shape index (κ2) is 6.23. The molecule has 1 heterocycles. The van der Waals surface area contributed by atoms with E-state index < -0.39 is 0 Å². The van der Waals surface area contributed by atoms with E-state index in [0.717, 1.165) is 16.5 Å². The SMILES string of the molecule is CCOC(=O)CN(C)C(=O)Cc1c[nH]c2ccccc12. The zero-order valence-corrected chi connectivity index (χ0v) is 11.7. The average molecular weight is 274 g/mol. The maximum absolute atomic E-state index is 12.1. The Morgan fingerprint density at radius 3 is 2.80 bits per heavy atom. The number of benzene rings is 1. The lowest BCUT2D eigenvalue weighted by molar-refractivity contribution is -0.147. The van der Waals surface area contributed by atoms with Crippen molar-refractivity contribution >= 4 is 22.8 Å². The number of carbonyl (C=O) groups is 2. The third-order valence-corrected chi connectivity index (χ3v) is 3.11. The van der Waals surface area contributed by atoms with E-state index in [1.807, 2.05) is 30.5 Å². The van der Waals surface area contributed by atoms with Gasteiger partial charge < -0.3 is 14.6 Å². The maximum Gasteiger partial charge on any atom is 0.325 e. The van der Waals surface area contributed by atoms with Gasteiger partial charge in [0.15, 0.2) is 0 Å². The molecular weight excluding hydrogens is 256 g/mol. The Bertz CT molecular complexity index is 618. The van der Waals surface area contributed by atoms with Crippen molar-refractivity contribution in [2.24, 2.45) is 0 Å². The number of ether oxygens (including phenoxy) is 1. The average Bonchev–Trinajstić information content (AvgIpc) is 2.82. The van der Waals surface area contributed by atoms with Crippen LogP contribution in [-0.4, -0.2) is 42.0 Å². The number of amides is 1. The number of hydrogen-bond donors (Lipinski definition) is 1. The van der Waals surface area contributed by atoms with Crippen LogP contribution in [0.5, 0.6) is 0 Å². The van der Waals surface area contributed by atoms with Gasteiger partial charge in [0.05, 0.1) is 13.0 Å². The van der Waals surface area contributed by atoms with E-state index in [0.29, 0.717) is 6.61 Å². The molecule has 0 saturated carbocycles. The van der Waals surface area contributed by atoms with Crippen LogP contribution in [0.3, 0.4) is 0 Å². The summed E-state index contributed by atoms with van der Waals surface area (Å²) in [5.41, 5.74) is 1.93. The summed E-state index contributed by atoms with van der Waals surface area (Å²) in [7, 11) is 1.61. The second-order valence-electron chi connectivity index (χ2n) is 4.59. The third-order valence-electron chi connectivity index (χ3n) is 3.11. The summed E-state index contributed by atoms with van der Waals surface area (Å²) in [5, 5.41) is 1.03. The molecule has 0 atom stereocenters. The Balaban J connectivity index is 2.02. The first-order chi connectivity index (χ1) is 9.61. The van der Waals surface area contributed by atoms with Crippen molar-refractivity contribution in [2.75, 3.05) is 20.2 Å². The molecule has 0 bridgehead atoms. The van der Waals surface area contributed by atoms with Gasteiger partial charge in [-0.15, -0.1) is 0 Å². The number of esters is 1. The van der Waals surface area contributed by atoms with Gasteiger partial charge in [-0.1, -0.05) is 18.2 Å². The number of H-pyrrole nitrogens is 1. The van der Waals surface area contributed by atoms with E-state index in [-0.39, 0.29) is 24.8 Å². The van der Waals surface area contributed by atoms with E-state index in [1.165, 1.54) is 4.90 Å². The van der Waals surface area contributed by atoms with Crippen molar-refractivity contribution in [1.82, 2.24) is 9.88 Å². The van der Waals surface area contributed by atoms with Crippen LogP contribution in [-0.2, 0) is 20.7 Å². The lowest BCUT2D eigenvalue weighted by Gasteiger charge is -2.15. The zero-order valence-electron chi connectivity index (χ0n) is 11.7. The lowest BCUT2D eigenvalue weighted by atomic mass is 10.1. The Morgan fingerprint density at radius 1 is 1.30 bits per heavy atom. The summed E-state index contributed by atoms with van der Waals surface area (Å²) >= 11 is 0. The molecule has 1 aromatic heterocycles. The maximum atomic E-state index is 12.1. The van der Waals surface area contributed by atoms with Crippen LogP contribution in [0.4, 0.5) is 0 Å². The van der Waals surface area contributed by atoms with Crippen LogP contribution in [0, 0.1) is 0 Å². The molecule has 1 N–H and O–H groups in total. The highest BCUT2D eigenvalue weighted by molar-refractivity contribution is 5.90. The summed E-state index contributed by atoms with van der Waals surface area (Å²) in [6.45, 7) is 2.05. The van der Waals surface area contributed by atoms with Crippen LogP contribution >= 0.6 is 0 Å². The first-order valence-electron chi connectivity index (χ1n) is 6.56. The van der Waals surface area contributed by atoms with E-state index in [9.17, 15) is 9.59 Å². The molecule has 0 saturated heterocycles. The summed E-state index contributed by atoms with van der Waals surface area (Å²) < 4.78 is 4.83. The molecular formula is C15H18N2O3. The summed E-state index contributed by atoms with van der Waals surface area (Å²) in [6.07, 6.45) is 2.10. The fourth-order valence-electron chi connectivity index (χ4n) is 2.06. The van der Waals surface area contributed by atoms with Crippen molar-refractivity contribution in [3.63, 3.8) is 0 Å². The molecule has 5 heteroatoms. The summed E-state index contributed by atoms with van der Waals surface area (Å²) in [5.74, 6) is -0.495. The van der Waals surface area contributed by atoms with E-state index in [1.54, 1.807) is 14.0 Å². The number of aromatic amines is 1. The first-order valence-corrected chi connectivity index (χ1v) is 6.56. The predicted molar refractivity (Wildman–Crippen MR) is 76.3 cm³/mol. The highest BCUT2D eigenvalue weighted by Crippen LogP contribution is 2.18. The number of rotatable bonds is 5. The minimum atomic E-state index is -0.387. The normalized spacial score (nSPS) is 10.5. The standard InChI is InChI=1S/C15H18N2O3/c1-3-20-15(19)10-17(2)14(18)8-11-9-16-13-7-5-4-6-12(11)13/h4-7,9,16H,3,8,10H2,1-2H3. The van der Waals surface area contributed by atoms with E-state index in [2.05, 4.69) is 4.98 Å². The molecule has 0 unspecified atom stereocenters. The van der Waals surface area contributed by atoms with Gasteiger partial charge in [-0.25, -0.2) is 0 Å². The Labute approximate surface area is 117 Å². The van der Waals surface area contributed by atoms with Crippen molar-refractivity contribution in [1.29, 1.82) is 0 Å². The molecule has 20 heavy (non-hydrogen) atoms. The number of para-hydroxylation sites is 1. The number of likely N-dealkylation sites (N-methyl/N-ethyl adjacent to an activating group) is 1. The van der Waals surface area contributed by atoms with Gasteiger partial charge in [0.25, 0.3) is 0 Å². The molecule has 0 aliphatic rings. The fourth-order valence-corrected chi connectivity index (χ4v) is 2.06. The van der Waals surface area contributed by atoms with Crippen LogP contribution in [0.1, 0.15) is 12.5 Å². The minimum Gasteiger partial charge on any atom is -0.465 e. The topological polar surface area (TPSA) is 62.4 Å². The summed E-state index contributed by atoms with van der Waals surface area (Å²) in [6, 6.07) is 7.81. The van der Waals surface area contributed by atoms with Crippen molar-refractivity contribution in [2.45, 2.75) is 13.3 Å². The molecule has 106 valence electrons. The van der Waals surface area contributed by atoms with Gasteiger partial charge >= 0.3 is 5.97 Å². The largest absolute Gasteiger partial charge is 0.465 e. The number of nitrogens with one attached hydrogen (secondary N) is 1. The molecule has 1 amide bonds. The molecule has 0 aliphatic carbocycles. The molecule has 0 fully saturated rings. The number of nitrogens with zero attached hydrogens (tertiary/aromatic N) is 1. The number of hydrogen-bond acceptors (Lipinski definition) is 3. The molecule has 2 rings (SSSR count). The van der Waals surface area contributed by atoms with Crippen LogP contribution in [0.2, 0.25) is 0 Å². The molecule has 0 spiro atoms. The fraction of sp³-hybridized carbons (Fsp3) is 0.333. The quantitative estimate of drug-likeness (QED) is 0.845. The minimum absolute atomic E-state index is 0.0188. The second-order valence-corrected chi connectivity index (χ2v) is 4.59. The van der Waals surface area contributed by atoms with Crippen LogP contribution < -0.4 is 0 Å². The predicted octanol–water partition coefficient (Wildman–Crippen LogP) is 1.73. The smallest absolute Gasteiger partial charge is 0.325 e. The molecule has 0 aliphatic heterocycles. The van der Waals surface area contributed by atoms with E-state index in [4.69, 9.17) is 4.74 Å². The van der Waals surface area contributed by atoms with E-state index >= 15 is 0 Å². The van der Waals surface area contributed by atoms with Gasteiger partial charge in [0, 0.05) is 24.1 Å². The third kappa shape index (κ3) is 3.17. The number of carbonyl (C=O) groups excluding carboxylic acids is 2. The first kappa shape index (κ1) is 14.1. The van der Waals surface area contributed by atoms with Crippen molar-refractivity contribution in [3.8, 4) is 0 Å². The molecule has 5 nitrogen and oxygen atoms in total. The van der Waals surface area contributed by atoms with Crippen molar-refractivity contribution in [3.05, 3.63) is 36.0 Å². The lowest BCUT2D eigenvalue weighted by Crippen LogP contribution is -2.34. The monoisotopic (exact) mass is 274 g/mol. The molecule has 2 aromatic rings. The highest BCUT2D eigenvalue weighted by atomic mass is 16.5. The van der Waals surface area contributed by atoms with Crippen LogP contribution in [0.25, 0.3) is 10.9 Å². The van der Waals surface area contributed by atoms with Gasteiger partial charge in [-0.05, 0) is 18.6 Å². The van der Waals surface area contributed by atoms with Gasteiger partial charge in [0.2, 0.25) is 5.91 Å². The summed E-state index contributed by atoms with van der Waals surface area (Å²) in [4.78, 5) is 28.0.